The number of amides is 7. The van der Waals surface area contributed by atoms with E-state index in [9.17, 15) is 63.0 Å². The van der Waals surface area contributed by atoms with Crippen molar-refractivity contribution < 1.29 is 63.0 Å². The molecule has 22 nitrogen and oxygen atoms in total. The molecule has 0 bridgehead atoms. The third kappa shape index (κ3) is 19.0. The Hall–Kier alpha value is -7.11. The first-order valence-corrected chi connectivity index (χ1v) is 28.6. The van der Waals surface area contributed by atoms with E-state index >= 15 is 0 Å². The fraction of sp³-hybridized carbons (Fsp3) is 0.544. The second-order valence-corrected chi connectivity index (χ2v) is 21.8. The molecule has 3 heterocycles. The van der Waals surface area contributed by atoms with Gasteiger partial charge < -0.3 is 52.0 Å². The average molecular weight is 1130 g/mol. The summed E-state index contributed by atoms with van der Waals surface area (Å²) in [6.45, 7) is 3.24. The summed E-state index contributed by atoms with van der Waals surface area (Å²) >= 11 is 1.45. The summed E-state index contributed by atoms with van der Waals surface area (Å²) in [7, 11) is 0. The number of benzene rings is 2. The van der Waals surface area contributed by atoms with E-state index in [-0.39, 0.29) is 76.7 Å². The highest BCUT2D eigenvalue weighted by molar-refractivity contribution is 7.98. The Kier molecular flexibility index (Phi) is 25.2. The normalized spacial score (nSPS) is 18.1. The van der Waals surface area contributed by atoms with E-state index in [1.54, 1.807) is 30.3 Å². The predicted molar refractivity (Wildman–Crippen MR) is 296 cm³/mol. The number of aliphatic hydroxyl groups excluding tert-OH is 2. The number of likely N-dealkylation sites (tertiary alicyclic amines) is 2. The van der Waals surface area contributed by atoms with Gasteiger partial charge in [-0.25, -0.2) is 4.98 Å². The van der Waals surface area contributed by atoms with Gasteiger partial charge in [-0.2, -0.15) is 11.8 Å². The number of hydrogen-bond acceptors (Lipinski definition) is 15. The number of carbonyl (C=O) groups is 11. The Morgan fingerprint density at radius 3 is 1.82 bits per heavy atom. The van der Waals surface area contributed by atoms with Crippen LogP contribution in [0.2, 0.25) is 0 Å². The number of nitrogens with zero attached hydrogens (tertiary/aromatic N) is 3. The summed E-state index contributed by atoms with van der Waals surface area (Å²) < 4.78 is 0. The molecule has 5 rings (SSSR count). The van der Waals surface area contributed by atoms with Crippen molar-refractivity contribution in [3.8, 4) is 0 Å². The summed E-state index contributed by atoms with van der Waals surface area (Å²) in [6, 6.07) is 11.0. The standard InChI is InChI=1S/C57H77N9O13S/c1-34(68)42(56(78)65-22-11-17-47(65)51(73)29-40(27-41-31-59-33-60-41)54(76)62-44(35(2)69)25-37-13-7-5-8-14-37)30-50(72)45(26-38-15-9-6-10-16-38)63-55(77)48-18-12-23-66(48)57(79)46(32-67)64-53(75)39(19-20-52(58)74)28-49(71)43(21-24-80-4)61-36(3)70/h5-10,13-16,31,33-34,39-40,42-48,67-68H,11-12,17-30,32H2,1-4H3,(H2,58,74)(H,59,60)(H,61,70)(H,62,76)(H,63,77)(H,64,75)/t34-,39-,40-,42?,43+,44+,45+,46+,47+,48+/m1/s1. The zero-order valence-corrected chi connectivity index (χ0v) is 46.8. The molecule has 23 heteroatoms. The summed E-state index contributed by atoms with van der Waals surface area (Å²) in [4.78, 5) is 159. The highest BCUT2D eigenvalue weighted by atomic mass is 32.2. The van der Waals surface area contributed by atoms with E-state index in [1.807, 2.05) is 36.6 Å². The molecule has 2 aromatic carbocycles. The molecule has 10 atom stereocenters. The number of ketones is 4. The topological polar surface area (TPSA) is 338 Å². The minimum atomic E-state index is -1.59. The molecule has 1 aromatic heterocycles. The molecule has 7 amide bonds. The van der Waals surface area contributed by atoms with E-state index in [0.717, 1.165) is 5.56 Å². The molecule has 0 radical (unpaired) electrons. The lowest BCUT2D eigenvalue weighted by Crippen LogP contribution is -2.57. The second kappa shape index (κ2) is 31.6. The van der Waals surface area contributed by atoms with Crippen LogP contribution in [0.25, 0.3) is 0 Å². The fourth-order valence-electron chi connectivity index (χ4n) is 10.3. The van der Waals surface area contributed by atoms with Crippen molar-refractivity contribution in [2.45, 2.75) is 147 Å². The number of aromatic amines is 1. The van der Waals surface area contributed by atoms with Crippen molar-refractivity contribution in [3.63, 3.8) is 0 Å². The van der Waals surface area contributed by atoms with Gasteiger partial charge in [0.05, 0.1) is 55.0 Å². The Labute approximate surface area is 470 Å². The van der Waals surface area contributed by atoms with Crippen molar-refractivity contribution in [1.82, 2.24) is 41.0 Å². The van der Waals surface area contributed by atoms with Crippen LogP contribution in [0.15, 0.2) is 73.2 Å². The van der Waals surface area contributed by atoms with Gasteiger partial charge >= 0.3 is 0 Å². The van der Waals surface area contributed by atoms with Gasteiger partial charge in [0, 0.05) is 69.9 Å². The van der Waals surface area contributed by atoms with Crippen LogP contribution < -0.4 is 27.0 Å². The minimum absolute atomic E-state index is 0.0358. The van der Waals surface area contributed by atoms with E-state index in [0.29, 0.717) is 29.9 Å². The van der Waals surface area contributed by atoms with Gasteiger partial charge in [-0.15, -0.1) is 0 Å². The summed E-state index contributed by atoms with van der Waals surface area (Å²) in [5.41, 5.74) is 7.42. The van der Waals surface area contributed by atoms with Crippen LogP contribution in [0.1, 0.15) is 102 Å². The maximum atomic E-state index is 14.6. The van der Waals surface area contributed by atoms with Crippen LogP contribution in [0.4, 0.5) is 0 Å². The number of aromatic nitrogens is 2. The first kappa shape index (κ1) is 63.7. The molecule has 80 heavy (non-hydrogen) atoms. The van der Waals surface area contributed by atoms with Crippen molar-refractivity contribution in [1.29, 1.82) is 0 Å². The van der Waals surface area contributed by atoms with E-state index in [4.69, 9.17) is 5.73 Å². The molecular weight excluding hydrogens is 1050 g/mol. The van der Waals surface area contributed by atoms with E-state index < -0.39 is 138 Å². The third-order valence-electron chi connectivity index (χ3n) is 14.7. The number of thioether (sulfide) groups is 1. The maximum absolute atomic E-state index is 14.6. The van der Waals surface area contributed by atoms with Gasteiger partial charge in [0.2, 0.25) is 41.4 Å². The molecule has 2 aliphatic rings. The number of imidazole rings is 1. The van der Waals surface area contributed by atoms with Crippen molar-refractivity contribution in [3.05, 3.63) is 90.0 Å². The largest absolute Gasteiger partial charge is 0.394 e. The van der Waals surface area contributed by atoms with Gasteiger partial charge in [-0.05, 0) is 88.3 Å². The quantitative estimate of drug-likeness (QED) is 0.0423. The summed E-state index contributed by atoms with van der Waals surface area (Å²) in [6.07, 6.45) is 3.36. The number of hydrogen-bond donors (Lipinski definition) is 8. The number of H-pyrrole nitrogens is 1. The van der Waals surface area contributed by atoms with Crippen LogP contribution in [-0.2, 0) is 72.0 Å². The Morgan fingerprint density at radius 2 is 1.27 bits per heavy atom. The molecule has 2 aliphatic heterocycles. The Balaban J connectivity index is 1.30. The predicted octanol–water partition coefficient (Wildman–Crippen LogP) is 1.09. The van der Waals surface area contributed by atoms with Crippen LogP contribution in [0.3, 0.4) is 0 Å². The number of aliphatic hydroxyl groups is 2. The molecule has 434 valence electrons. The van der Waals surface area contributed by atoms with Gasteiger partial charge in [0.1, 0.15) is 12.1 Å². The first-order valence-electron chi connectivity index (χ1n) is 27.2. The molecule has 2 fully saturated rings. The first-order chi connectivity index (χ1) is 38.2. The molecule has 0 aliphatic carbocycles. The van der Waals surface area contributed by atoms with Crippen LogP contribution in [-0.4, -0.2) is 169 Å². The number of nitrogens with two attached hydrogens (primary N) is 1. The summed E-state index contributed by atoms with van der Waals surface area (Å²) in [5, 5.41) is 32.4. The lowest BCUT2D eigenvalue weighted by atomic mass is 9.89. The van der Waals surface area contributed by atoms with Gasteiger partial charge in [0.15, 0.2) is 23.1 Å². The molecule has 3 aromatic rings. The van der Waals surface area contributed by atoms with E-state index in [1.165, 1.54) is 54.9 Å². The minimum Gasteiger partial charge on any atom is -0.394 e. The van der Waals surface area contributed by atoms with Gasteiger partial charge in [-0.1, -0.05) is 60.7 Å². The van der Waals surface area contributed by atoms with Gasteiger partial charge in [0.25, 0.3) is 0 Å². The lowest BCUT2D eigenvalue weighted by molar-refractivity contribution is -0.146. The number of rotatable bonds is 33. The third-order valence-corrected chi connectivity index (χ3v) is 15.4. The molecule has 0 spiro atoms. The van der Waals surface area contributed by atoms with Crippen LogP contribution in [0, 0.1) is 17.8 Å². The van der Waals surface area contributed by atoms with Crippen LogP contribution in [0.5, 0.6) is 0 Å². The smallest absolute Gasteiger partial charge is 0.248 e. The second-order valence-electron chi connectivity index (χ2n) is 20.8. The molecule has 9 N–H and O–H groups in total. The molecular formula is C57H77N9O13S. The highest BCUT2D eigenvalue weighted by Gasteiger charge is 2.43. The SMILES string of the molecule is CSCC[C@H](NC(C)=O)C(=O)C[C@@H](CCC(N)=O)C(=O)N[C@@H](CO)C(=O)N1CCC[C@H]1C(=O)N[C@@H](Cc1ccccc1)C(=O)CC(C(=O)N1CCC[C@H]1C(=O)C[C@@H](Cc1cnc[nH]1)C(=O)N[C@@H](Cc1ccccc1)C(C)=O)[C@@H](C)O. The Morgan fingerprint density at radius 1 is 0.700 bits per heavy atom. The monoisotopic (exact) mass is 1130 g/mol. The number of nitrogens with one attached hydrogen (secondary N) is 5. The number of Topliss-reactive ketones (excluding diaryl/α,β-unsaturated/α-hetero) is 4. The maximum Gasteiger partial charge on any atom is 0.248 e. The number of carbonyl (C=O) groups excluding carboxylic acids is 11. The number of primary amides is 1. The van der Waals surface area contributed by atoms with Crippen molar-refractivity contribution >= 4 is 76.2 Å². The van der Waals surface area contributed by atoms with Crippen LogP contribution >= 0.6 is 11.8 Å². The zero-order chi connectivity index (χ0) is 58.5. The van der Waals surface area contributed by atoms with Gasteiger partial charge in [-0.3, -0.25) is 52.7 Å². The molecule has 0 saturated carbocycles. The van der Waals surface area contributed by atoms with Crippen molar-refractivity contribution in [2.75, 3.05) is 31.7 Å². The van der Waals surface area contributed by atoms with E-state index in [2.05, 4.69) is 31.2 Å². The van der Waals surface area contributed by atoms with Crippen molar-refractivity contribution in [2.24, 2.45) is 23.5 Å². The fourth-order valence-corrected chi connectivity index (χ4v) is 10.8. The molecule has 1 unspecified atom stereocenters. The Bertz CT molecular complexity index is 2620. The highest BCUT2D eigenvalue weighted by Crippen LogP contribution is 2.28. The average Bonchev–Trinajstić information content (AvgIpc) is 4.29. The molecule has 2 saturated heterocycles. The lowest BCUT2D eigenvalue weighted by Gasteiger charge is -2.31. The zero-order valence-electron chi connectivity index (χ0n) is 45.9. The summed E-state index contributed by atoms with van der Waals surface area (Å²) in [5.74, 6) is -9.59.